The van der Waals surface area contributed by atoms with Crippen molar-refractivity contribution in [3.8, 4) is 5.75 Å². The van der Waals surface area contributed by atoms with Crippen LogP contribution in [-0.2, 0) is 4.79 Å². The Balaban J connectivity index is 2.45. The Morgan fingerprint density at radius 2 is 2.40 bits per heavy atom. The summed E-state index contributed by atoms with van der Waals surface area (Å²) in [6.07, 6.45) is 0.666. The first kappa shape index (κ1) is 9.45. The minimum absolute atomic E-state index is 0.0842. The Morgan fingerprint density at radius 3 is 3.07 bits per heavy atom. The van der Waals surface area contributed by atoms with E-state index in [9.17, 15) is 14.9 Å². The average molecular weight is 208 g/mol. The summed E-state index contributed by atoms with van der Waals surface area (Å²) in [5.41, 5.74) is 0.185. The number of carbonyl (C=O) groups is 1. The van der Waals surface area contributed by atoms with Crippen LogP contribution in [0.15, 0.2) is 18.2 Å². The minimum atomic E-state index is -0.529. The molecule has 0 fully saturated rings. The number of aldehydes is 1. The molecule has 6 heteroatoms. The van der Waals surface area contributed by atoms with Gasteiger partial charge in [-0.15, -0.1) is 0 Å². The molecule has 1 N–H and O–H groups in total. The maximum Gasteiger partial charge on any atom is 0.296 e. The molecule has 1 aromatic rings. The molecule has 0 spiro atoms. The maximum atomic E-state index is 10.7. The van der Waals surface area contributed by atoms with Gasteiger partial charge in [-0.2, -0.15) is 0 Å². The van der Waals surface area contributed by atoms with Gasteiger partial charge in [0.25, 0.3) is 5.69 Å². The van der Waals surface area contributed by atoms with Gasteiger partial charge in [-0.05, 0) is 6.07 Å². The van der Waals surface area contributed by atoms with E-state index in [0.717, 1.165) is 0 Å². The van der Waals surface area contributed by atoms with Crippen molar-refractivity contribution in [2.24, 2.45) is 0 Å². The minimum Gasteiger partial charge on any atom is -0.489 e. The van der Waals surface area contributed by atoms with E-state index in [0.29, 0.717) is 12.0 Å². The fraction of sp³-hybridized carbons (Fsp3) is 0.222. The number of ether oxygens (including phenoxy) is 1. The van der Waals surface area contributed by atoms with E-state index >= 15 is 0 Å². The van der Waals surface area contributed by atoms with Crippen LogP contribution in [0, 0.1) is 10.1 Å². The molecule has 0 bridgehead atoms. The second-order valence-corrected chi connectivity index (χ2v) is 3.11. The number of carbonyl (C=O) groups excluding carboxylic acids is 1. The number of anilines is 1. The third-order valence-electron chi connectivity index (χ3n) is 2.11. The predicted molar refractivity (Wildman–Crippen MR) is 52.1 cm³/mol. The Bertz CT molecular complexity index is 419. The lowest BCUT2D eigenvalue weighted by molar-refractivity contribution is -0.384. The molecule has 0 amide bonds. The smallest absolute Gasteiger partial charge is 0.296 e. The van der Waals surface area contributed by atoms with Gasteiger partial charge in [-0.1, -0.05) is 6.07 Å². The van der Waals surface area contributed by atoms with Crippen LogP contribution in [0.2, 0.25) is 0 Å². The highest BCUT2D eigenvalue weighted by atomic mass is 16.6. The van der Waals surface area contributed by atoms with Crippen molar-refractivity contribution in [2.75, 3.05) is 11.9 Å². The van der Waals surface area contributed by atoms with E-state index in [4.69, 9.17) is 4.74 Å². The molecule has 1 heterocycles. The van der Waals surface area contributed by atoms with E-state index in [2.05, 4.69) is 5.32 Å². The predicted octanol–water partition coefficient (Wildman–Crippen LogP) is 0.967. The summed E-state index contributed by atoms with van der Waals surface area (Å²) in [5.74, 6) is 0.405. The Hall–Kier alpha value is -2.11. The van der Waals surface area contributed by atoms with Gasteiger partial charge in [-0.3, -0.25) is 10.1 Å². The zero-order chi connectivity index (χ0) is 10.8. The summed E-state index contributed by atoms with van der Waals surface area (Å²) in [5, 5.41) is 13.5. The third kappa shape index (κ3) is 1.61. The lowest BCUT2D eigenvalue weighted by Crippen LogP contribution is -2.32. The van der Waals surface area contributed by atoms with Gasteiger partial charge < -0.3 is 14.8 Å². The van der Waals surface area contributed by atoms with Crippen molar-refractivity contribution in [3.63, 3.8) is 0 Å². The lowest BCUT2D eigenvalue weighted by Gasteiger charge is -2.23. The van der Waals surface area contributed by atoms with Crippen LogP contribution < -0.4 is 10.1 Å². The van der Waals surface area contributed by atoms with E-state index < -0.39 is 11.0 Å². The standard InChI is InChI=1S/C9H8N2O4/c12-4-6-5-15-8-3-1-2-7(11(13)14)9(8)10-6/h1-4,6,10H,5H2. The second-order valence-electron chi connectivity index (χ2n) is 3.11. The number of nitrogens with zero attached hydrogens (tertiary/aromatic N) is 1. The molecule has 0 aliphatic carbocycles. The molecule has 1 aliphatic rings. The van der Waals surface area contributed by atoms with Gasteiger partial charge in [0.15, 0.2) is 5.69 Å². The summed E-state index contributed by atoms with van der Waals surface area (Å²) >= 11 is 0. The van der Waals surface area contributed by atoms with Crippen LogP contribution >= 0.6 is 0 Å². The van der Waals surface area contributed by atoms with Crippen molar-refractivity contribution in [3.05, 3.63) is 28.3 Å². The third-order valence-corrected chi connectivity index (χ3v) is 2.11. The van der Waals surface area contributed by atoms with E-state index in [-0.39, 0.29) is 18.0 Å². The summed E-state index contributed by atoms with van der Waals surface area (Å²) in [6, 6.07) is 4.00. The molecule has 6 nitrogen and oxygen atoms in total. The molecule has 0 aromatic heterocycles. The molecule has 0 saturated carbocycles. The highest BCUT2D eigenvalue weighted by Gasteiger charge is 2.25. The largest absolute Gasteiger partial charge is 0.489 e. The van der Waals surface area contributed by atoms with Crippen molar-refractivity contribution in [2.45, 2.75) is 6.04 Å². The van der Waals surface area contributed by atoms with Gasteiger partial charge >= 0.3 is 0 Å². The fourth-order valence-electron chi connectivity index (χ4n) is 1.42. The number of nitro benzene ring substituents is 1. The molecule has 1 aliphatic heterocycles. The SMILES string of the molecule is O=CC1COc2cccc([N+](=O)[O-])c2N1. The fourth-order valence-corrected chi connectivity index (χ4v) is 1.42. The van der Waals surface area contributed by atoms with Crippen LogP contribution in [0.4, 0.5) is 11.4 Å². The molecule has 78 valence electrons. The second kappa shape index (κ2) is 3.56. The number of hydrogen-bond acceptors (Lipinski definition) is 5. The first-order chi connectivity index (χ1) is 7.22. The number of fused-ring (bicyclic) bond motifs is 1. The van der Waals surface area contributed by atoms with E-state index in [1.54, 1.807) is 12.1 Å². The topological polar surface area (TPSA) is 81.5 Å². The quantitative estimate of drug-likeness (QED) is 0.445. The molecule has 15 heavy (non-hydrogen) atoms. The monoisotopic (exact) mass is 208 g/mol. The van der Waals surface area contributed by atoms with Gasteiger partial charge in [-0.25, -0.2) is 0 Å². The normalized spacial score (nSPS) is 18.3. The maximum absolute atomic E-state index is 10.7. The molecule has 2 rings (SSSR count). The average Bonchev–Trinajstić information content (AvgIpc) is 2.27. The summed E-state index contributed by atoms with van der Waals surface area (Å²) in [7, 11) is 0. The van der Waals surface area contributed by atoms with Gasteiger partial charge in [0.1, 0.15) is 24.7 Å². The summed E-state index contributed by atoms with van der Waals surface area (Å²) in [4.78, 5) is 20.7. The van der Waals surface area contributed by atoms with Gasteiger partial charge in [0, 0.05) is 6.07 Å². The first-order valence-corrected chi connectivity index (χ1v) is 4.34. The van der Waals surface area contributed by atoms with Gasteiger partial charge in [0.2, 0.25) is 0 Å². The molecule has 1 aromatic carbocycles. The Kier molecular flexibility index (Phi) is 2.24. The molecule has 1 unspecified atom stereocenters. The van der Waals surface area contributed by atoms with Crippen molar-refractivity contribution in [1.29, 1.82) is 0 Å². The number of hydrogen-bond donors (Lipinski definition) is 1. The Morgan fingerprint density at radius 1 is 1.60 bits per heavy atom. The van der Waals surface area contributed by atoms with Crippen molar-refractivity contribution < 1.29 is 14.5 Å². The van der Waals surface area contributed by atoms with Crippen LogP contribution in [0.25, 0.3) is 0 Å². The summed E-state index contributed by atoms with van der Waals surface area (Å²) < 4.78 is 5.22. The first-order valence-electron chi connectivity index (χ1n) is 4.34. The van der Waals surface area contributed by atoms with Crippen LogP contribution in [0.3, 0.4) is 0 Å². The molecular weight excluding hydrogens is 200 g/mol. The van der Waals surface area contributed by atoms with E-state index in [1.807, 2.05) is 0 Å². The highest BCUT2D eigenvalue weighted by Crippen LogP contribution is 2.36. The zero-order valence-electron chi connectivity index (χ0n) is 7.67. The number of rotatable bonds is 2. The molecule has 0 radical (unpaired) electrons. The molecule has 1 atom stereocenters. The lowest BCUT2D eigenvalue weighted by atomic mass is 10.2. The Labute approximate surface area is 85.0 Å². The molecular formula is C9H8N2O4. The van der Waals surface area contributed by atoms with Crippen LogP contribution in [0.1, 0.15) is 0 Å². The summed E-state index contributed by atoms with van der Waals surface area (Å²) in [6.45, 7) is 0.192. The van der Waals surface area contributed by atoms with Crippen LogP contribution in [0.5, 0.6) is 5.75 Å². The van der Waals surface area contributed by atoms with Gasteiger partial charge in [0.05, 0.1) is 4.92 Å². The highest BCUT2D eigenvalue weighted by molar-refractivity contribution is 5.76. The van der Waals surface area contributed by atoms with Crippen molar-refractivity contribution >= 4 is 17.7 Å². The zero-order valence-corrected chi connectivity index (χ0v) is 7.67. The number of nitrogens with one attached hydrogen (secondary N) is 1. The number of nitro groups is 1. The number of para-hydroxylation sites is 1. The van der Waals surface area contributed by atoms with E-state index in [1.165, 1.54) is 6.07 Å². The van der Waals surface area contributed by atoms with Crippen LogP contribution in [-0.4, -0.2) is 23.9 Å². The van der Waals surface area contributed by atoms with Crippen molar-refractivity contribution in [1.82, 2.24) is 0 Å². The number of benzene rings is 1. The molecule has 0 saturated heterocycles.